The van der Waals surface area contributed by atoms with E-state index in [9.17, 15) is 18.0 Å². The lowest BCUT2D eigenvalue weighted by molar-refractivity contribution is -0.154. The number of alkyl halides is 3. The Kier molecular flexibility index (Phi) is 4.58. The molecule has 0 heterocycles. The molecular formula is C10H16F3NO2. The summed E-state index contributed by atoms with van der Waals surface area (Å²) in [6.45, 7) is -1.42. The normalized spacial score (nSPS) is 18.2. The minimum atomic E-state index is -4.33. The number of nitrogens with zero attached hydrogens (tertiary/aromatic N) is 1. The van der Waals surface area contributed by atoms with Crippen LogP contribution in [0.15, 0.2) is 0 Å². The third-order valence-electron chi connectivity index (χ3n) is 2.75. The molecule has 0 saturated heterocycles. The highest BCUT2D eigenvalue weighted by Gasteiger charge is 2.32. The first-order chi connectivity index (χ1) is 7.37. The standard InChI is InChI=1S/C10H16F3NO2/c11-10(12,13)7-14(6-9(15)16)5-8-3-1-2-4-8/h8H,1-7H2,(H,15,16). The van der Waals surface area contributed by atoms with E-state index in [0.717, 1.165) is 30.6 Å². The van der Waals surface area contributed by atoms with Gasteiger partial charge < -0.3 is 5.11 Å². The molecule has 16 heavy (non-hydrogen) atoms. The molecule has 0 aromatic carbocycles. The summed E-state index contributed by atoms with van der Waals surface area (Å²) < 4.78 is 36.6. The van der Waals surface area contributed by atoms with Gasteiger partial charge in [0.2, 0.25) is 0 Å². The van der Waals surface area contributed by atoms with Crippen molar-refractivity contribution >= 4 is 5.97 Å². The fourth-order valence-corrected chi connectivity index (χ4v) is 2.19. The van der Waals surface area contributed by atoms with Crippen LogP contribution in [0.1, 0.15) is 25.7 Å². The number of carbonyl (C=O) groups is 1. The van der Waals surface area contributed by atoms with Crippen molar-refractivity contribution in [2.24, 2.45) is 5.92 Å². The van der Waals surface area contributed by atoms with Crippen molar-refractivity contribution in [1.29, 1.82) is 0 Å². The average Bonchev–Trinajstić information content (AvgIpc) is 2.51. The van der Waals surface area contributed by atoms with Gasteiger partial charge in [-0.15, -0.1) is 0 Å². The van der Waals surface area contributed by atoms with Crippen LogP contribution in [-0.2, 0) is 4.79 Å². The van der Waals surface area contributed by atoms with E-state index in [4.69, 9.17) is 5.11 Å². The second-order valence-electron chi connectivity index (χ2n) is 4.33. The second kappa shape index (κ2) is 5.52. The summed E-state index contributed by atoms with van der Waals surface area (Å²) >= 11 is 0. The lowest BCUT2D eigenvalue weighted by Crippen LogP contribution is -2.40. The minimum Gasteiger partial charge on any atom is -0.480 e. The van der Waals surface area contributed by atoms with E-state index in [0.29, 0.717) is 0 Å². The third-order valence-corrected chi connectivity index (χ3v) is 2.75. The number of halogens is 3. The Morgan fingerprint density at radius 2 is 1.88 bits per heavy atom. The monoisotopic (exact) mass is 239 g/mol. The summed E-state index contributed by atoms with van der Waals surface area (Å²) in [5, 5.41) is 8.55. The van der Waals surface area contributed by atoms with Gasteiger partial charge in [-0.05, 0) is 18.8 Å². The van der Waals surface area contributed by atoms with Gasteiger partial charge in [0.15, 0.2) is 0 Å². The SMILES string of the molecule is O=C(O)CN(CC1CCCC1)CC(F)(F)F. The van der Waals surface area contributed by atoms with E-state index >= 15 is 0 Å². The summed E-state index contributed by atoms with van der Waals surface area (Å²) in [6.07, 6.45) is -0.425. The van der Waals surface area contributed by atoms with Crippen molar-refractivity contribution in [2.45, 2.75) is 31.9 Å². The smallest absolute Gasteiger partial charge is 0.401 e. The van der Waals surface area contributed by atoms with Crippen LogP contribution < -0.4 is 0 Å². The van der Waals surface area contributed by atoms with Gasteiger partial charge in [-0.3, -0.25) is 9.69 Å². The Balaban J connectivity index is 2.45. The first kappa shape index (κ1) is 13.3. The molecule has 1 aliphatic carbocycles. The summed E-state index contributed by atoms with van der Waals surface area (Å²) in [4.78, 5) is 11.4. The van der Waals surface area contributed by atoms with Gasteiger partial charge in [0, 0.05) is 6.54 Å². The van der Waals surface area contributed by atoms with Gasteiger partial charge in [-0.1, -0.05) is 12.8 Å². The topological polar surface area (TPSA) is 40.5 Å². The molecule has 0 unspecified atom stereocenters. The molecule has 0 amide bonds. The van der Waals surface area contributed by atoms with Gasteiger partial charge >= 0.3 is 12.1 Å². The molecule has 6 heteroatoms. The lowest BCUT2D eigenvalue weighted by atomic mass is 10.1. The molecule has 0 aromatic heterocycles. The first-order valence-electron chi connectivity index (χ1n) is 5.38. The Morgan fingerprint density at radius 1 is 1.31 bits per heavy atom. The molecule has 0 aliphatic heterocycles. The molecule has 94 valence electrons. The maximum absolute atomic E-state index is 12.2. The Labute approximate surface area is 92.2 Å². The van der Waals surface area contributed by atoms with Gasteiger partial charge in [-0.25, -0.2) is 0 Å². The van der Waals surface area contributed by atoms with E-state index in [1.807, 2.05) is 0 Å². The van der Waals surface area contributed by atoms with Gasteiger partial charge in [0.05, 0.1) is 13.1 Å². The highest BCUT2D eigenvalue weighted by Crippen LogP contribution is 2.26. The summed E-state index contributed by atoms with van der Waals surface area (Å²) in [5.41, 5.74) is 0. The van der Waals surface area contributed by atoms with Crippen molar-refractivity contribution in [3.05, 3.63) is 0 Å². The van der Waals surface area contributed by atoms with E-state index in [2.05, 4.69) is 0 Å². The van der Waals surface area contributed by atoms with Crippen LogP contribution >= 0.6 is 0 Å². The van der Waals surface area contributed by atoms with Gasteiger partial charge in [0.25, 0.3) is 0 Å². The number of hydrogen-bond acceptors (Lipinski definition) is 2. The highest BCUT2D eigenvalue weighted by atomic mass is 19.4. The largest absolute Gasteiger partial charge is 0.480 e. The van der Waals surface area contributed by atoms with E-state index < -0.39 is 25.2 Å². The predicted octanol–water partition coefficient (Wildman–Crippen LogP) is 2.13. The molecule has 1 N–H and O–H groups in total. The highest BCUT2D eigenvalue weighted by molar-refractivity contribution is 5.69. The van der Waals surface area contributed by atoms with Crippen LogP contribution in [0.5, 0.6) is 0 Å². The molecular weight excluding hydrogens is 223 g/mol. The Hall–Kier alpha value is -0.780. The van der Waals surface area contributed by atoms with Crippen molar-refractivity contribution < 1.29 is 23.1 Å². The number of rotatable bonds is 5. The molecule has 0 atom stereocenters. The van der Waals surface area contributed by atoms with E-state index in [-0.39, 0.29) is 12.5 Å². The minimum absolute atomic E-state index is 0.224. The van der Waals surface area contributed by atoms with Crippen LogP contribution in [-0.4, -0.2) is 41.8 Å². The number of carboxylic acids is 1. The summed E-state index contributed by atoms with van der Waals surface area (Å²) in [6, 6.07) is 0. The molecule has 0 bridgehead atoms. The van der Waals surface area contributed by atoms with Crippen LogP contribution in [0.2, 0.25) is 0 Å². The van der Waals surface area contributed by atoms with Crippen molar-refractivity contribution in [1.82, 2.24) is 4.90 Å². The Morgan fingerprint density at radius 3 is 2.31 bits per heavy atom. The quantitative estimate of drug-likeness (QED) is 0.799. The molecule has 1 aliphatic rings. The van der Waals surface area contributed by atoms with Gasteiger partial charge in [0.1, 0.15) is 0 Å². The number of aliphatic carboxylic acids is 1. The molecule has 1 saturated carbocycles. The fraction of sp³-hybridized carbons (Fsp3) is 0.900. The van der Waals surface area contributed by atoms with Crippen LogP contribution in [0.4, 0.5) is 13.2 Å². The van der Waals surface area contributed by atoms with E-state index in [1.165, 1.54) is 0 Å². The maximum atomic E-state index is 12.2. The Bertz CT molecular complexity index is 237. The molecule has 0 spiro atoms. The number of carboxylic acid groups (broad SMARTS) is 1. The predicted molar refractivity (Wildman–Crippen MR) is 52.1 cm³/mol. The zero-order valence-corrected chi connectivity index (χ0v) is 8.96. The zero-order chi connectivity index (χ0) is 12.2. The van der Waals surface area contributed by atoms with Crippen LogP contribution in [0.3, 0.4) is 0 Å². The number of hydrogen-bond donors (Lipinski definition) is 1. The van der Waals surface area contributed by atoms with Crippen LogP contribution in [0.25, 0.3) is 0 Å². The van der Waals surface area contributed by atoms with Crippen molar-refractivity contribution in [3.63, 3.8) is 0 Å². The zero-order valence-electron chi connectivity index (χ0n) is 8.96. The van der Waals surface area contributed by atoms with Crippen molar-refractivity contribution in [2.75, 3.05) is 19.6 Å². The molecule has 3 nitrogen and oxygen atoms in total. The maximum Gasteiger partial charge on any atom is 0.401 e. The second-order valence-corrected chi connectivity index (χ2v) is 4.33. The van der Waals surface area contributed by atoms with E-state index in [1.54, 1.807) is 0 Å². The summed E-state index contributed by atoms with van der Waals surface area (Å²) in [5.74, 6) is -0.982. The molecule has 0 aromatic rings. The van der Waals surface area contributed by atoms with Crippen molar-refractivity contribution in [3.8, 4) is 0 Å². The van der Waals surface area contributed by atoms with Gasteiger partial charge in [-0.2, -0.15) is 13.2 Å². The third kappa shape index (κ3) is 5.34. The first-order valence-corrected chi connectivity index (χ1v) is 5.38. The van der Waals surface area contributed by atoms with Crippen LogP contribution in [0, 0.1) is 5.92 Å². The lowest BCUT2D eigenvalue weighted by Gasteiger charge is -2.24. The molecule has 1 rings (SSSR count). The molecule has 1 fully saturated rings. The fourth-order valence-electron chi connectivity index (χ4n) is 2.19. The molecule has 0 radical (unpaired) electrons. The average molecular weight is 239 g/mol. The summed E-state index contributed by atoms with van der Waals surface area (Å²) in [7, 11) is 0.